The Morgan fingerprint density at radius 2 is 0.689 bits per heavy atom. The van der Waals surface area contributed by atoms with Gasteiger partial charge in [0.15, 0.2) is 0 Å². The predicted octanol–water partition coefficient (Wildman–Crippen LogP) is 10.4. The molecule has 0 saturated heterocycles. The third-order valence-electron chi connectivity index (χ3n) is 10.3. The predicted molar refractivity (Wildman–Crippen MR) is 189 cm³/mol. The quantitative estimate of drug-likeness (QED) is 0.195. The van der Waals surface area contributed by atoms with Crippen LogP contribution in [0.3, 0.4) is 0 Å². The molecule has 4 aliphatic carbocycles. The molecule has 0 N–H and O–H groups in total. The monoisotopic (exact) mass is 582 g/mol. The highest BCUT2D eigenvalue weighted by molar-refractivity contribution is 5.72. The van der Waals surface area contributed by atoms with Gasteiger partial charge in [-0.25, -0.2) is 0 Å². The van der Waals surface area contributed by atoms with Crippen molar-refractivity contribution in [1.29, 1.82) is 0 Å². The number of aromatic nitrogens is 2. The maximum absolute atomic E-state index is 2.48. The summed E-state index contributed by atoms with van der Waals surface area (Å²) in [5.74, 6) is 0. The SMILES string of the molecule is C1=Cc2c(c3c(n2-c2ccc(Cc4ccc(-c5ccc(-n6c7c(c8c6C=CCC8)CCC=C7)cc5)cc4)cc2)C=CCC3)CC1. The van der Waals surface area contributed by atoms with Crippen LogP contribution in [0.2, 0.25) is 0 Å². The smallest absolute Gasteiger partial charge is 0.0494 e. The van der Waals surface area contributed by atoms with Crippen LogP contribution in [0.15, 0.2) is 97.1 Å². The maximum atomic E-state index is 2.48. The van der Waals surface area contributed by atoms with E-state index in [1.54, 1.807) is 22.3 Å². The molecule has 3 aromatic carbocycles. The number of fused-ring (bicyclic) bond motifs is 6. The zero-order valence-corrected chi connectivity index (χ0v) is 25.8. The highest BCUT2D eigenvalue weighted by atomic mass is 15.0. The van der Waals surface area contributed by atoms with Crippen LogP contribution in [0.25, 0.3) is 46.8 Å². The number of hydrogen-bond donors (Lipinski definition) is 0. The van der Waals surface area contributed by atoms with E-state index < -0.39 is 0 Å². The van der Waals surface area contributed by atoms with Gasteiger partial charge >= 0.3 is 0 Å². The fourth-order valence-corrected chi connectivity index (χ4v) is 8.10. The number of benzene rings is 3. The van der Waals surface area contributed by atoms with Gasteiger partial charge in [0.05, 0.1) is 0 Å². The van der Waals surface area contributed by atoms with Crippen molar-refractivity contribution in [3.8, 4) is 22.5 Å². The van der Waals surface area contributed by atoms with Crippen molar-refractivity contribution in [2.45, 2.75) is 57.8 Å². The van der Waals surface area contributed by atoms with Gasteiger partial charge in [0.2, 0.25) is 0 Å². The molecule has 45 heavy (non-hydrogen) atoms. The van der Waals surface area contributed by atoms with E-state index >= 15 is 0 Å². The van der Waals surface area contributed by atoms with E-state index in [1.165, 1.54) is 69.2 Å². The molecule has 0 fully saturated rings. The fraction of sp³-hybridized carbons (Fsp3) is 0.209. The van der Waals surface area contributed by atoms with Crippen LogP contribution in [0.4, 0.5) is 0 Å². The third-order valence-corrected chi connectivity index (χ3v) is 10.3. The lowest BCUT2D eigenvalue weighted by atomic mass is 9.94. The molecule has 0 radical (unpaired) electrons. The first kappa shape index (κ1) is 26.6. The van der Waals surface area contributed by atoms with Gasteiger partial charge < -0.3 is 9.13 Å². The van der Waals surface area contributed by atoms with E-state index in [9.17, 15) is 0 Å². The Bertz CT molecular complexity index is 1960. The van der Waals surface area contributed by atoms with Gasteiger partial charge in [-0.2, -0.15) is 0 Å². The van der Waals surface area contributed by atoms with E-state index in [1.807, 2.05) is 0 Å². The highest BCUT2D eigenvalue weighted by Crippen LogP contribution is 2.37. The second kappa shape index (κ2) is 11.0. The summed E-state index contributed by atoms with van der Waals surface area (Å²) < 4.78 is 4.95. The first-order valence-corrected chi connectivity index (χ1v) is 16.8. The van der Waals surface area contributed by atoms with E-state index in [2.05, 4.69) is 131 Å². The van der Waals surface area contributed by atoms with Crippen molar-refractivity contribution in [3.05, 3.63) is 153 Å². The summed E-state index contributed by atoms with van der Waals surface area (Å²) in [5.41, 5.74) is 19.5. The number of allylic oxidation sites excluding steroid dienone is 4. The van der Waals surface area contributed by atoms with Gasteiger partial charge in [-0.3, -0.25) is 0 Å². The highest BCUT2D eigenvalue weighted by Gasteiger charge is 2.24. The fourth-order valence-electron chi connectivity index (χ4n) is 8.10. The van der Waals surface area contributed by atoms with Gasteiger partial charge in [-0.1, -0.05) is 72.8 Å². The van der Waals surface area contributed by atoms with E-state index in [4.69, 9.17) is 0 Å². The summed E-state index contributed by atoms with van der Waals surface area (Å²) in [6, 6.07) is 27.5. The van der Waals surface area contributed by atoms with Crippen LogP contribution in [0.1, 0.15) is 81.8 Å². The molecule has 2 heteroatoms. The van der Waals surface area contributed by atoms with E-state index in [0.717, 1.165) is 44.9 Å². The summed E-state index contributed by atoms with van der Waals surface area (Å²) in [6.45, 7) is 0. The van der Waals surface area contributed by atoms with Gasteiger partial charge in [-0.05, 0) is 151 Å². The zero-order chi connectivity index (χ0) is 29.7. The topological polar surface area (TPSA) is 9.86 Å². The molecule has 2 heterocycles. The Kier molecular flexibility index (Phi) is 6.47. The van der Waals surface area contributed by atoms with Crippen LogP contribution in [-0.2, 0) is 32.1 Å². The Balaban J connectivity index is 0.940. The van der Waals surface area contributed by atoms with Gasteiger partial charge in [0.1, 0.15) is 0 Å². The normalized spacial score (nSPS) is 15.9. The largest absolute Gasteiger partial charge is 0.310 e. The van der Waals surface area contributed by atoms with Crippen molar-refractivity contribution >= 4 is 24.3 Å². The Labute approximate surface area is 266 Å². The lowest BCUT2D eigenvalue weighted by Gasteiger charge is -2.14. The van der Waals surface area contributed by atoms with Crippen LogP contribution < -0.4 is 0 Å². The molecule has 0 aliphatic heterocycles. The molecule has 0 atom stereocenters. The zero-order valence-electron chi connectivity index (χ0n) is 25.8. The van der Waals surface area contributed by atoms with Crippen molar-refractivity contribution < 1.29 is 0 Å². The molecule has 9 rings (SSSR count). The van der Waals surface area contributed by atoms with E-state index in [-0.39, 0.29) is 0 Å². The molecule has 0 amide bonds. The molecule has 220 valence electrons. The Morgan fingerprint density at radius 3 is 1.07 bits per heavy atom. The first-order valence-electron chi connectivity index (χ1n) is 16.8. The van der Waals surface area contributed by atoms with Crippen molar-refractivity contribution in [3.63, 3.8) is 0 Å². The Hall–Kier alpha value is -4.82. The number of nitrogens with zero attached hydrogens (tertiary/aromatic N) is 2. The van der Waals surface area contributed by atoms with Crippen molar-refractivity contribution in [1.82, 2.24) is 9.13 Å². The molecule has 0 spiro atoms. The average molecular weight is 583 g/mol. The van der Waals surface area contributed by atoms with Crippen LogP contribution in [0, 0.1) is 0 Å². The number of hydrogen-bond acceptors (Lipinski definition) is 0. The van der Waals surface area contributed by atoms with Crippen LogP contribution in [0.5, 0.6) is 0 Å². The molecule has 5 aromatic rings. The Morgan fingerprint density at radius 1 is 0.378 bits per heavy atom. The van der Waals surface area contributed by atoms with Crippen LogP contribution >= 0.6 is 0 Å². The molecular weight excluding hydrogens is 544 g/mol. The lowest BCUT2D eigenvalue weighted by Crippen LogP contribution is -2.02. The maximum Gasteiger partial charge on any atom is 0.0494 e. The van der Waals surface area contributed by atoms with Gasteiger partial charge in [0, 0.05) is 34.2 Å². The molecule has 0 unspecified atom stereocenters. The molecule has 2 nitrogen and oxygen atoms in total. The van der Waals surface area contributed by atoms with Crippen LogP contribution in [-0.4, -0.2) is 9.13 Å². The van der Waals surface area contributed by atoms with E-state index in [0.29, 0.717) is 0 Å². The second-order valence-electron chi connectivity index (χ2n) is 13.0. The van der Waals surface area contributed by atoms with Gasteiger partial charge in [0.25, 0.3) is 0 Å². The molecule has 0 bridgehead atoms. The molecule has 0 saturated carbocycles. The minimum absolute atomic E-state index is 0.937. The molecular formula is C43H38N2. The average Bonchev–Trinajstić information content (AvgIpc) is 3.62. The minimum Gasteiger partial charge on any atom is -0.310 e. The standard InChI is InChI=1S/C43H38N2/c1-5-13-40-36(9-1)37-10-2-6-14-41(37)44(40)34-25-19-31(20-26-34)29-30-17-21-32(22-18-30)33-23-27-35(28-24-33)45-42-15-7-3-11-38(42)39-12-4-8-16-43(39)45/h5-8,13-28H,1-4,9-12,29H2. The van der Waals surface area contributed by atoms with Crippen molar-refractivity contribution in [2.24, 2.45) is 0 Å². The lowest BCUT2D eigenvalue weighted by molar-refractivity contribution is 0.922. The van der Waals surface area contributed by atoms with Gasteiger partial charge in [-0.15, -0.1) is 0 Å². The first-order chi connectivity index (χ1) is 22.3. The summed E-state index contributed by atoms with van der Waals surface area (Å²) in [4.78, 5) is 0. The summed E-state index contributed by atoms with van der Waals surface area (Å²) in [5, 5.41) is 0. The summed E-state index contributed by atoms with van der Waals surface area (Å²) in [7, 11) is 0. The van der Waals surface area contributed by atoms with Crippen molar-refractivity contribution in [2.75, 3.05) is 0 Å². The molecule has 4 aliphatic rings. The minimum atomic E-state index is 0.937. The second-order valence-corrected chi connectivity index (χ2v) is 13.0. The molecule has 2 aromatic heterocycles. The summed E-state index contributed by atoms with van der Waals surface area (Å²) >= 11 is 0. The third kappa shape index (κ3) is 4.54. The number of rotatable bonds is 5. The summed E-state index contributed by atoms with van der Waals surface area (Å²) in [6.07, 6.45) is 28.9.